The number of nitrogens with one attached hydrogen (secondary N) is 1. The molecule has 5 heterocycles. The summed E-state index contributed by atoms with van der Waals surface area (Å²) in [5, 5.41) is 83.4. The van der Waals surface area contributed by atoms with Crippen molar-refractivity contribution >= 4 is 17.8 Å². The molecule has 472 valence electrons. The Morgan fingerprint density at radius 2 is 1.38 bits per heavy atom. The van der Waals surface area contributed by atoms with Crippen LogP contribution in [-0.4, -0.2) is 190 Å². The molecule has 0 radical (unpaired) electrons. The number of alkyl carbamates (subject to hydrolysis) is 1. The molecule has 23 heteroatoms. The van der Waals surface area contributed by atoms with Crippen LogP contribution in [0.4, 0.5) is 4.79 Å². The molecule has 0 aromatic heterocycles. The number of methoxy groups -OCH3 is 2. The number of aliphatic hydroxyl groups excluding tert-OH is 5. The van der Waals surface area contributed by atoms with Crippen LogP contribution in [0.15, 0.2) is 58.4 Å². The van der Waals surface area contributed by atoms with Crippen molar-refractivity contribution in [3.05, 3.63) is 63.6 Å². The van der Waals surface area contributed by atoms with Gasteiger partial charge in [-0.3, -0.25) is 10.0 Å². The van der Waals surface area contributed by atoms with Gasteiger partial charge in [0.25, 0.3) is 0 Å². The van der Waals surface area contributed by atoms with Crippen LogP contribution >= 0.6 is 0 Å². The van der Waals surface area contributed by atoms with E-state index in [1.54, 1.807) is 39.8 Å². The Hall–Kier alpha value is -3.73. The number of hydroxylamine groups is 2. The van der Waals surface area contributed by atoms with E-state index in [1.807, 2.05) is 39.8 Å². The first-order valence-corrected chi connectivity index (χ1v) is 30.0. The number of esters is 1. The quantitative estimate of drug-likeness (QED) is 0.0550. The number of rotatable bonds is 12. The highest BCUT2D eigenvalue weighted by Gasteiger charge is 2.64. The standard InChI is InChI=1S/C61H91N2O21/c1-27-14-17-42(80-47-25-59(10,63(72)73)54(35(9)79-47)62-58(71)75-13)28(2)19-37-20-36(26-64)31(5)24-61(37)56(69)48(57(70)84-61)55(68)60(11)39(27)16-15-38-49(60)29(3)18-30(4)51(38)82-46-23-43(50(67)32(6)76-46)81-44-22-41(66)53(34(8)78-44)83-45-21-40(65)52(74-12)33(7)77-45/h14-16,19-20,29-35,37-47,49-54,64-68,72H,17-18,21-26H2,1-13H3,(H,62,71)/q-1. The first-order chi connectivity index (χ1) is 39.6. The number of hydrogen-bond donors (Lipinski definition) is 7. The summed E-state index contributed by atoms with van der Waals surface area (Å²) in [5.74, 6) is -5.03. The molecule has 4 aliphatic carbocycles. The summed E-state index contributed by atoms with van der Waals surface area (Å²) in [6.45, 7) is 19.7. The molecule has 7 N–H and O–H groups in total. The van der Waals surface area contributed by atoms with E-state index in [1.165, 1.54) is 21.1 Å². The normalized spacial score (nSPS) is 47.4. The lowest BCUT2D eigenvalue weighted by atomic mass is 9.49. The topological polar surface area (TPSA) is 312 Å². The van der Waals surface area contributed by atoms with Gasteiger partial charge in [0.05, 0.1) is 80.2 Å². The van der Waals surface area contributed by atoms with Crippen LogP contribution in [0.3, 0.4) is 0 Å². The molecule has 1 spiro atoms. The second-order valence-electron chi connectivity index (χ2n) is 26.0. The van der Waals surface area contributed by atoms with E-state index in [-0.39, 0.29) is 68.0 Å². The lowest BCUT2D eigenvalue weighted by Gasteiger charge is -2.56. The van der Waals surface area contributed by atoms with Crippen molar-refractivity contribution < 1.29 is 97.2 Å². The van der Waals surface area contributed by atoms with Crippen LogP contribution in [0, 0.1) is 52.0 Å². The second-order valence-corrected chi connectivity index (χ2v) is 26.0. The summed E-state index contributed by atoms with van der Waals surface area (Å²) in [4.78, 5) is 42.7. The average Bonchev–Trinajstić information content (AvgIpc) is 2.80. The van der Waals surface area contributed by atoms with Gasteiger partial charge in [-0.05, 0) is 96.1 Å². The van der Waals surface area contributed by atoms with Crippen molar-refractivity contribution in [2.75, 3.05) is 20.8 Å². The van der Waals surface area contributed by atoms with E-state index in [9.17, 15) is 45.5 Å². The number of Topliss-reactive ketones (excluding diaryl/α,β-unsaturated/α-hetero) is 1. The summed E-state index contributed by atoms with van der Waals surface area (Å²) in [5.41, 5.74) is -3.21. The van der Waals surface area contributed by atoms with Crippen LogP contribution in [0.1, 0.15) is 121 Å². The fourth-order valence-electron chi connectivity index (χ4n) is 15.8. The molecule has 84 heavy (non-hydrogen) atoms. The molecule has 0 aromatic carbocycles. The van der Waals surface area contributed by atoms with Gasteiger partial charge in [0, 0.05) is 62.4 Å². The number of carbonyl (C=O) groups excluding carboxylic acids is 3. The van der Waals surface area contributed by atoms with Crippen molar-refractivity contribution in [3.63, 3.8) is 0 Å². The van der Waals surface area contributed by atoms with Gasteiger partial charge in [-0.2, -0.15) is 0 Å². The number of ether oxygens (including phenoxy) is 11. The average molecular weight is 1190 g/mol. The van der Waals surface area contributed by atoms with Crippen molar-refractivity contribution in [2.45, 2.75) is 237 Å². The molecule has 23 nitrogen and oxygen atoms in total. The molecule has 27 atom stereocenters. The Morgan fingerprint density at radius 3 is 2.01 bits per heavy atom. The zero-order valence-corrected chi connectivity index (χ0v) is 50.7. The first kappa shape index (κ1) is 64.7. The maximum absolute atomic E-state index is 15.6. The molecule has 27 unspecified atom stereocenters. The third-order valence-corrected chi connectivity index (χ3v) is 20.3. The molecule has 2 bridgehead atoms. The zero-order valence-electron chi connectivity index (χ0n) is 50.7. The van der Waals surface area contributed by atoms with Gasteiger partial charge in [-0.15, -0.1) is 0 Å². The minimum atomic E-state index is -1.81. The first-order valence-electron chi connectivity index (χ1n) is 30.0. The van der Waals surface area contributed by atoms with Crippen LogP contribution in [-0.2, 0) is 61.7 Å². The van der Waals surface area contributed by atoms with Gasteiger partial charge < -0.3 is 93.4 Å². The highest BCUT2D eigenvalue weighted by Crippen LogP contribution is 2.61. The third kappa shape index (κ3) is 12.0. The van der Waals surface area contributed by atoms with Gasteiger partial charge in [0.2, 0.25) is 5.78 Å². The summed E-state index contributed by atoms with van der Waals surface area (Å²) >= 11 is 0. The Labute approximate surface area is 492 Å². The van der Waals surface area contributed by atoms with E-state index in [0.29, 0.717) is 17.6 Å². The molecule has 0 aromatic rings. The lowest BCUT2D eigenvalue weighted by Crippen LogP contribution is -2.67. The van der Waals surface area contributed by atoms with Crippen LogP contribution in [0.5, 0.6) is 0 Å². The van der Waals surface area contributed by atoms with Gasteiger partial charge in [0.15, 0.2) is 30.8 Å². The second kappa shape index (κ2) is 25.4. The lowest BCUT2D eigenvalue weighted by molar-refractivity contribution is -0.335. The van der Waals surface area contributed by atoms with Crippen molar-refractivity contribution in [3.8, 4) is 0 Å². The molecule has 5 aliphatic heterocycles. The number of allylic oxidation sites excluding steroid dienone is 3. The number of fused-ring (bicyclic) bond motifs is 4. The predicted octanol–water partition coefficient (Wildman–Crippen LogP) is 5.49. The number of amides is 1. The van der Waals surface area contributed by atoms with Crippen LogP contribution in [0.25, 0.3) is 0 Å². The maximum Gasteiger partial charge on any atom is 0.407 e. The summed E-state index contributed by atoms with van der Waals surface area (Å²) in [7, 11) is 2.69. The largest absolute Gasteiger partial charge is 0.762 e. The monoisotopic (exact) mass is 1190 g/mol. The number of aliphatic hydroxyl groups is 5. The van der Waals surface area contributed by atoms with Crippen LogP contribution in [0.2, 0.25) is 0 Å². The Balaban J connectivity index is 1.01. The molecular formula is C61H91N2O21-. The van der Waals surface area contributed by atoms with E-state index < -0.39 is 174 Å². The minimum Gasteiger partial charge on any atom is -0.762 e. The van der Waals surface area contributed by atoms with Gasteiger partial charge in [-0.25, -0.2) is 9.59 Å². The van der Waals surface area contributed by atoms with E-state index >= 15 is 4.79 Å². The Morgan fingerprint density at radius 1 is 0.762 bits per heavy atom. The van der Waals surface area contributed by atoms with Gasteiger partial charge in [0.1, 0.15) is 29.6 Å². The highest BCUT2D eigenvalue weighted by atomic mass is 16.8. The summed E-state index contributed by atoms with van der Waals surface area (Å²) < 4.78 is 68.0. The molecule has 1 saturated carbocycles. The van der Waals surface area contributed by atoms with Crippen molar-refractivity contribution in [1.82, 2.24) is 10.5 Å². The number of nitrogens with zero attached hydrogens (tertiary/aromatic N) is 1. The van der Waals surface area contributed by atoms with E-state index in [0.717, 1.165) is 5.57 Å². The Bertz CT molecular complexity index is 2550. The number of carbonyl (C=O) groups is 3. The third-order valence-electron chi connectivity index (χ3n) is 20.3. The zero-order chi connectivity index (χ0) is 61.2. The minimum absolute atomic E-state index is 0.0115. The Kier molecular flexibility index (Phi) is 19.6. The predicted molar refractivity (Wildman–Crippen MR) is 298 cm³/mol. The maximum atomic E-state index is 15.6. The number of hydrogen-bond acceptors (Lipinski definition) is 22. The smallest absolute Gasteiger partial charge is 0.407 e. The van der Waals surface area contributed by atoms with Gasteiger partial charge in [-0.1, -0.05) is 63.6 Å². The van der Waals surface area contributed by atoms with E-state index in [4.69, 9.17) is 52.1 Å². The molecule has 9 rings (SSSR count). The van der Waals surface area contributed by atoms with Crippen molar-refractivity contribution in [1.29, 1.82) is 0 Å². The molecule has 6 fully saturated rings. The fourth-order valence-corrected chi connectivity index (χ4v) is 15.8. The SMILES string of the molecule is COC(=O)NC1C(C)OC(OC2CC=C(C)C3C=CC4C(OC5CC(OC6CC(O)C(OC7CC(O)C(OC)C(C)O7)C(C)O6)C(O)C(C)O5)C(C)CC(C)C4C3(C)C(O)=C3C(=O)OC4(CC(C)C(CO)=CC4C=C2C)C3=O)CC1(C)N([O-])O. The summed E-state index contributed by atoms with van der Waals surface area (Å²) in [6.07, 6.45) is -3.27. The molecular weight excluding hydrogens is 1100 g/mol. The molecule has 5 saturated heterocycles. The van der Waals surface area contributed by atoms with E-state index in [2.05, 4.69) is 25.2 Å². The molecule has 1 amide bonds. The molecule has 9 aliphatic rings. The van der Waals surface area contributed by atoms with Crippen LogP contribution < -0.4 is 5.32 Å². The fraction of sp³-hybridized carbons (Fsp3) is 0.787. The van der Waals surface area contributed by atoms with Gasteiger partial charge >= 0.3 is 12.1 Å². The highest BCUT2D eigenvalue weighted by molar-refractivity contribution is 6.26. The number of ketones is 1. The summed E-state index contributed by atoms with van der Waals surface area (Å²) in [6, 6.07) is -1.02. The van der Waals surface area contributed by atoms with Crippen molar-refractivity contribution in [2.24, 2.45) is 46.8 Å².